The summed E-state index contributed by atoms with van der Waals surface area (Å²) >= 11 is 0. The highest BCUT2D eigenvalue weighted by molar-refractivity contribution is 5.70. The van der Waals surface area contributed by atoms with Crippen molar-refractivity contribution in [3.05, 3.63) is 70.8 Å². The third kappa shape index (κ3) is 5.12. The van der Waals surface area contributed by atoms with Crippen molar-refractivity contribution in [1.29, 1.82) is 0 Å². The number of hydrogen-bond acceptors (Lipinski definition) is 2. The molecule has 0 aliphatic carbocycles. The van der Waals surface area contributed by atoms with Gasteiger partial charge in [0.2, 0.25) is 0 Å². The molecule has 3 atom stereocenters. The van der Waals surface area contributed by atoms with Gasteiger partial charge in [-0.1, -0.05) is 74.0 Å². The van der Waals surface area contributed by atoms with Gasteiger partial charge in [0, 0.05) is 0 Å². The van der Waals surface area contributed by atoms with Crippen LogP contribution in [0.5, 0.6) is 0 Å². The fraction of sp³-hybridized carbons (Fsp3) is 0.458. The van der Waals surface area contributed by atoms with Crippen molar-refractivity contribution in [1.82, 2.24) is 4.90 Å². The summed E-state index contributed by atoms with van der Waals surface area (Å²) in [7, 11) is 0. The monoisotopic (exact) mass is 367 g/mol. The molecule has 1 aliphatic heterocycles. The average molecular weight is 368 g/mol. The molecule has 1 saturated heterocycles. The number of hydrogen-bond donors (Lipinski definition) is 0. The van der Waals surface area contributed by atoms with E-state index in [0.29, 0.717) is 12.5 Å². The molecule has 2 aromatic carbocycles. The van der Waals surface area contributed by atoms with Gasteiger partial charge in [0.25, 0.3) is 0 Å². The summed E-state index contributed by atoms with van der Waals surface area (Å²) in [5.41, 5.74) is 5.02. The zero-order chi connectivity index (χ0) is 18.7. The van der Waals surface area contributed by atoms with Crippen LogP contribution in [0.2, 0.25) is 0 Å². The molecule has 0 unspecified atom stereocenters. The number of nitrogens with zero attached hydrogens (tertiary/aromatic N) is 1. The van der Waals surface area contributed by atoms with Crippen molar-refractivity contribution in [2.24, 2.45) is 0 Å². The second kappa shape index (κ2) is 9.07. The molecule has 3 nitrogen and oxygen atoms in total. The van der Waals surface area contributed by atoms with E-state index in [9.17, 15) is 4.79 Å². The number of aryl methyl sites for hydroxylation is 2. The maximum atomic E-state index is 12.3. The van der Waals surface area contributed by atoms with Crippen molar-refractivity contribution in [3.63, 3.8) is 0 Å². The van der Waals surface area contributed by atoms with Crippen LogP contribution in [0.25, 0.3) is 0 Å². The van der Waals surface area contributed by atoms with Crippen LogP contribution in [0.3, 0.4) is 0 Å². The van der Waals surface area contributed by atoms with E-state index in [2.05, 4.69) is 76.2 Å². The molecule has 0 saturated carbocycles. The number of rotatable bonds is 6. The van der Waals surface area contributed by atoms with Crippen molar-refractivity contribution < 1.29 is 9.53 Å². The largest absolute Gasteiger partial charge is 0.444 e. The molecule has 0 spiro atoms. The minimum Gasteiger partial charge on any atom is -0.444 e. The van der Waals surface area contributed by atoms with Gasteiger partial charge in [-0.3, -0.25) is 4.90 Å². The molecule has 3 rings (SSSR count). The molecular weight excluding hydrogens is 334 g/mol. The van der Waals surface area contributed by atoms with Gasteiger partial charge in [-0.15, -0.1) is 0 Å². The van der Waals surface area contributed by atoms with Crippen LogP contribution in [-0.4, -0.2) is 23.6 Å². The van der Waals surface area contributed by atoms with E-state index in [4.69, 9.17) is 4.74 Å². The smallest absolute Gasteiger partial charge is 0.410 e. The molecule has 0 aromatic heterocycles. The summed E-state index contributed by atoms with van der Waals surface area (Å²) in [5, 5.41) is 0. The van der Waals surface area contributed by atoms with Gasteiger partial charge in [0.05, 0.1) is 12.6 Å². The lowest BCUT2D eigenvalue weighted by Crippen LogP contribution is -2.28. The highest BCUT2D eigenvalue weighted by atomic mass is 16.6. The second-order valence-corrected chi connectivity index (χ2v) is 7.63. The zero-order valence-corrected chi connectivity index (χ0v) is 16.2. The van der Waals surface area contributed by atoms with Crippen LogP contribution in [-0.2, 0) is 4.74 Å². The third-order valence-electron chi connectivity index (χ3n) is 5.50. The fourth-order valence-electron chi connectivity index (χ4n) is 3.53. The average Bonchev–Trinajstić information content (AvgIpc) is 3.01. The Morgan fingerprint density at radius 3 is 2.04 bits per heavy atom. The molecule has 3 heteroatoms. The first kappa shape index (κ1) is 21.0. The minimum atomic E-state index is -0.189. The molecule has 1 amide bonds. The molecule has 0 bridgehead atoms. The molecule has 1 fully saturated rings. The van der Waals surface area contributed by atoms with Gasteiger partial charge in [0.1, 0.15) is 6.10 Å². The van der Waals surface area contributed by atoms with Crippen molar-refractivity contribution in [2.45, 2.75) is 66.0 Å². The van der Waals surface area contributed by atoms with Crippen LogP contribution in [0.1, 0.15) is 68.3 Å². The summed E-state index contributed by atoms with van der Waals surface area (Å²) in [5.74, 6) is 0.470. The van der Waals surface area contributed by atoms with Gasteiger partial charge in [-0.05, 0) is 50.7 Å². The Bertz CT molecular complexity index is 736. The Morgan fingerprint density at radius 2 is 1.48 bits per heavy atom. The number of amides is 1. The van der Waals surface area contributed by atoms with Crippen LogP contribution in [0.4, 0.5) is 4.79 Å². The molecular formula is C24H33NO2. The normalized spacial score (nSPS) is 18.6. The Kier molecular flexibility index (Phi) is 7.06. The Hall–Kier alpha value is -2.29. The zero-order valence-electron chi connectivity index (χ0n) is 16.2. The second-order valence-electron chi connectivity index (χ2n) is 7.63. The van der Waals surface area contributed by atoms with Gasteiger partial charge in [-0.2, -0.15) is 0 Å². The van der Waals surface area contributed by atoms with E-state index in [1.54, 1.807) is 0 Å². The predicted molar refractivity (Wildman–Crippen MR) is 112 cm³/mol. The summed E-state index contributed by atoms with van der Waals surface area (Å²) in [4.78, 5) is 14.2. The number of ether oxygens (including phenoxy) is 1. The van der Waals surface area contributed by atoms with E-state index in [1.165, 1.54) is 16.7 Å². The summed E-state index contributed by atoms with van der Waals surface area (Å²) in [6.07, 6.45) is 1.72. The lowest BCUT2D eigenvalue weighted by molar-refractivity contribution is 0.124. The molecule has 0 N–H and O–H groups in total. The van der Waals surface area contributed by atoms with E-state index >= 15 is 0 Å². The van der Waals surface area contributed by atoms with E-state index < -0.39 is 0 Å². The standard InChI is InChI=1S/C23H29NO2.CH4/c1-16-5-10-20(11-6-16)18(3)9-14-22-15-24(23(25)26-22)19(4)21-12-7-17(2)8-13-21;/h5-8,10-13,18-19,22H,9,14-15H2,1-4H3;1H4/t18-,19+,22+;/m1./s1. The highest BCUT2D eigenvalue weighted by Gasteiger charge is 2.34. The molecule has 0 radical (unpaired) electrons. The summed E-state index contributed by atoms with van der Waals surface area (Å²) in [6, 6.07) is 17.1. The topological polar surface area (TPSA) is 29.5 Å². The maximum absolute atomic E-state index is 12.3. The number of cyclic esters (lactones) is 1. The first-order valence-electron chi connectivity index (χ1n) is 9.54. The van der Waals surface area contributed by atoms with Gasteiger partial charge in [0.15, 0.2) is 0 Å². The fourth-order valence-corrected chi connectivity index (χ4v) is 3.53. The maximum Gasteiger partial charge on any atom is 0.410 e. The van der Waals surface area contributed by atoms with Crippen LogP contribution in [0.15, 0.2) is 48.5 Å². The summed E-state index contributed by atoms with van der Waals surface area (Å²) < 4.78 is 5.63. The first-order valence-corrected chi connectivity index (χ1v) is 9.54. The number of benzene rings is 2. The van der Waals surface area contributed by atoms with Crippen LogP contribution >= 0.6 is 0 Å². The van der Waals surface area contributed by atoms with Crippen molar-refractivity contribution in [3.8, 4) is 0 Å². The van der Waals surface area contributed by atoms with Crippen LogP contribution < -0.4 is 0 Å². The van der Waals surface area contributed by atoms with E-state index in [-0.39, 0.29) is 25.7 Å². The predicted octanol–water partition coefficient (Wildman–Crippen LogP) is 6.41. The minimum absolute atomic E-state index is 0. The highest BCUT2D eigenvalue weighted by Crippen LogP contribution is 2.29. The van der Waals surface area contributed by atoms with E-state index in [0.717, 1.165) is 18.4 Å². The third-order valence-corrected chi connectivity index (χ3v) is 5.50. The van der Waals surface area contributed by atoms with Crippen LogP contribution in [0, 0.1) is 13.8 Å². The Balaban J connectivity index is 0.00000261. The van der Waals surface area contributed by atoms with Crippen molar-refractivity contribution in [2.75, 3.05) is 6.54 Å². The first-order chi connectivity index (χ1) is 12.4. The number of carbonyl (C=O) groups is 1. The SMILES string of the molecule is C.Cc1ccc([C@H](C)CC[C@H]2CN([C@@H](C)c3ccc(C)cc3)C(=O)O2)cc1. The van der Waals surface area contributed by atoms with Gasteiger partial charge in [-0.25, -0.2) is 4.79 Å². The quantitative estimate of drug-likeness (QED) is 0.591. The lowest BCUT2D eigenvalue weighted by atomic mass is 9.94. The molecule has 27 heavy (non-hydrogen) atoms. The van der Waals surface area contributed by atoms with Gasteiger partial charge >= 0.3 is 6.09 Å². The lowest BCUT2D eigenvalue weighted by Gasteiger charge is -2.22. The Labute approximate surface area is 164 Å². The molecule has 1 heterocycles. The molecule has 2 aromatic rings. The van der Waals surface area contributed by atoms with E-state index in [1.807, 2.05) is 4.90 Å². The molecule has 146 valence electrons. The Morgan fingerprint density at radius 1 is 0.963 bits per heavy atom. The molecule has 1 aliphatic rings. The number of carbonyl (C=O) groups excluding carboxylic acids is 1. The summed E-state index contributed by atoms with van der Waals surface area (Å²) in [6.45, 7) is 9.17. The van der Waals surface area contributed by atoms with Crippen molar-refractivity contribution >= 4 is 6.09 Å². The van der Waals surface area contributed by atoms with Gasteiger partial charge < -0.3 is 4.74 Å².